The fourth-order valence-electron chi connectivity index (χ4n) is 4.71. The van der Waals surface area contributed by atoms with Crippen LogP contribution in [-0.2, 0) is 22.5 Å². The number of rotatable bonds is 4. The number of amides is 1. The zero-order valence-electron chi connectivity index (χ0n) is 21.5. The molecule has 0 unspecified atom stereocenters. The molecular formula is C26H44N6O2. The van der Waals surface area contributed by atoms with Gasteiger partial charge in [-0.15, -0.1) is 0 Å². The molecule has 1 aromatic rings. The van der Waals surface area contributed by atoms with E-state index in [1.807, 2.05) is 11.1 Å². The highest BCUT2D eigenvalue weighted by Gasteiger charge is 2.28. The molecular weight excluding hydrogens is 428 g/mol. The van der Waals surface area contributed by atoms with Crippen molar-refractivity contribution >= 4 is 11.9 Å². The summed E-state index contributed by atoms with van der Waals surface area (Å²) < 4.78 is 0. The highest BCUT2D eigenvalue weighted by molar-refractivity contribution is 5.88. The highest BCUT2D eigenvalue weighted by atomic mass is 16.6. The van der Waals surface area contributed by atoms with Gasteiger partial charge < -0.3 is 14.6 Å². The Bertz CT molecular complexity index is 802. The van der Waals surface area contributed by atoms with E-state index in [0.717, 1.165) is 88.1 Å². The van der Waals surface area contributed by atoms with Crippen LogP contribution in [0.2, 0.25) is 0 Å². The van der Waals surface area contributed by atoms with Crippen molar-refractivity contribution in [3.63, 3.8) is 0 Å². The van der Waals surface area contributed by atoms with Gasteiger partial charge >= 0.3 is 0 Å². The number of anilines is 1. The van der Waals surface area contributed by atoms with Crippen LogP contribution in [0.5, 0.6) is 0 Å². The van der Waals surface area contributed by atoms with Crippen molar-refractivity contribution in [2.24, 2.45) is 5.90 Å². The number of fused-ring (bicyclic) bond motifs is 1. The average molecular weight is 473 g/mol. The van der Waals surface area contributed by atoms with E-state index in [0.29, 0.717) is 12.3 Å². The number of carbonyl (C=O) groups excluding carboxylic acids is 1. The van der Waals surface area contributed by atoms with E-state index in [-0.39, 0.29) is 5.91 Å². The van der Waals surface area contributed by atoms with Crippen LogP contribution in [0.1, 0.15) is 77.0 Å². The molecule has 190 valence electrons. The normalized spacial score (nSPS) is 20.5. The number of nitrogens with two attached hydrogens (primary N) is 1. The molecule has 1 saturated carbocycles. The first kappa shape index (κ1) is 26.4. The van der Waals surface area contributed by atoms with Gasteiger partial charge in [-0.1, -0.05) is 33.1 Å². The maximum atomic E-state index is 12.6. The molecule has 1 aromatic heterocycles. The Kier molecular flexibility index (Phi) is 10.6. The van der Waals surface area contributed by atoms with Crippen molar-refractivity contribution in [1.82, 2.24) is 19.8 Å². The minimum Gasteiger partial charge on any atom is -0.416 e. The monoisotopic (exact) mass is 472 g/mol. The SMILES string of the molecule is C/C(=C\C(=O)N1CCCCCc2nc(N3CCN(C4CCC4)CC3)ncc2CC1)ON.CCC. The Labute approximate surface area is 205 Å². The lowest BCUT2D eigenvalue weighted by atomic mass is 9.91. The minimum atomic E-state index is -0.0491. The molecule has 0 spiro atoms. The number of aromatic nitrogens is 2. The number of nitrogens with zero attached hydrogens (tertiary/aromatic N) is 5. The molecule has 0 radical (unpaired) electrons. The Hall–Kier alpha value is -2.19. The van der Waals surface area contributed by atoms with Crippen LogP contribution < -0.4 is 10.8 Å². The zero-order valence-corrected chi connectivity index (χ0v) is 21.5. The summed E-state index contributed by atoms with van der Waals surface area (Å²) in [6, 6.07) is 0.812. The Morgan fingerprint density at radius 1 is 1.06 bits per heavy atom. The van der Waals surface area contributed by atoms with E-state index < -0.39 is 0 Å². The van der Waals surface area contributed by atoms with Crippen molar-refractivity contribution in [3.8, 4) is 0 Å². The summed E-state index contributed by atoms with van der Waals surface area (Å²) >= 11 is 0. The van der Waals surface area contributed by atoms with Crippen LogP contribution in [0.3, 0.4) is 0 Å². The molecule has 8 nitrogen and oxygen atoms in total. The molecule has 8 heteroatoms. The fourth-order valence-corrected chi connectivity index (χ4v) is 4.71. The van der Waals surface area contributed by atoms with Gasteiger partial charge in [0.1, 0.15) is 5.76 Å². The van der Waals surface area contributed by atoms with E-state index in [2.05, 4.69) is 28.5 Å². The minimum absolute atomic E-state index is 0.0491. The molecule has 1 amide bonds. The summed E-state index contributed by atoms with van der Waals surface area (Å²) in [4.78, 5) is 33.8. The summed E-state index contributed by atoms with van der Waals surface area (Å²) in [7, 11) is 0. The average Bonchev–Trinajstić information content (AvgIpc) is 2.81. The van der Waals surface area contributed by atoms with Crippen LogP contribution >= 0.6 is 0 Å². The first-order valence-electron chi connectivity index (χ1n) is 13.2. The first-order valence-corrected chi connectivity index (χ1v) is 13.2. The lowest BCUT2D eigenvalue weighted by molar-refractivity contribution is -0.126. The molecule has 0 bridgehead atoms. The number of hydrogen-bond acceptors (Lipinski definition) is 7. The number of hydrogen-bond donors (Lipinski definition) is 1. The Morgan fingerprint density at radius 3 is 2.44 bits per heavy atom. The first-order chi connectivity index (χ1) is 16.5. The lowest BCUT2D eigenvalue weighted by Crippen LogP contribution is -2.52. The van der Waals surface area contributed by atoms with Gasteiger partial charge in [0.25, 0.3) is 0 Å². The van der Waals surface area contributed by atoms with Gasteiger partial charge in [0.05, 0.1) is 0 Å². The molecule has 0 atom stereocenters. The standard InChI is InChI=1S/C23H36N6O2.C3H8/c1-18(31-24)16-22(30)28-10-4-2-3-8-21-19(9-11-28)17-25-23(26-21)29-14-12-27(13-15-29)20-6-5-7-20;1-3-2/h16-17,20H,2-15,24H2,1H3;3H2,1-2H3/b18-16+;. The van der Waals surface area contributed by atoms with Crippen molar-refractivity contribution in [2.75, 3.05) is 44.2 Å². The van der Waals surface area contributed by atoms with Crippen LogP contribution in [0, 0.1) is 0 Å². The van der Waals surface area contributed by atoms with Crippen molar-refractivity contribution < 1.29 is 9.63 Å². The van der Waals surface area contributed by atoms with Crippen LogP contribution in [-0.4, -0.2) is 71.0 Å². The third kappa shape index (κ3) is 7.40. The maximum absolute atomic E-state index is 12.6. The van der Waals surface area contributed by atoms with Gasteiger partial charge in [-0.05, 0) is 51.0 Å². The molecule has 2 aliphatic heterocycles. The fraction of sp³-hybridized carbons (Fsp3) is 0.731. The molecule has 34 heavy (non-hydrogen) atoms. The van der Waals surface area contributed by atoms with E-state index in [1.165, 1.54) is 31.8 Å². The number of piperazine rings is 1. The van der Waals surface area contributed by atoms with E-state index in [1.54, 1.807) is 6.92 Å². The molecule has 2 fully saturated rings. The lowest BCUT2D eigenvalue weighted by Gasteiger charge is -2.43. The second-order valence-electron chi connectivity index (χ2n) is 9.72. The van der Waals surface area contributed by atoms with E-state index >= 15 is 0 Å². The predicted octanol–water partition coefficient (Wildman–Crippen LogP) is 3.46. The van der Waals surface area contributed by atoms with Crippen LogP contribution in [0.25, 0.3) is 0 Å². The maximum Gasteiger partial charge on any atom is 0.250 e. The third-order valence-corrected chi connectivity index (χ3v) is 6.95. The second-order valence-corrected chi connectivity index (χ2v) is 9.72. The van der Waals surface area contributed by atoms with Crippen molar-refractivity contribution in [1.29, 1.82) is 0 Å². The van der Waals surface area contributed by atoms with Gasteiger partial charge in [-0.2, -0.15) is 5.90 Å². The van der Waals surface area contributed by atoms with Gasteiger partial charge in [0, 0.05) is 63.3 Å². The molecule has 1 saturated heterocycles. The molecule has 0 aromatic carbocycles. The second kappa shape index (κ2) is 13.6. The third-order valence-electron chi connectivity index (χ3n) is 6.95. The van der Waals surface area contributed by atoms with Gasteiger partial charge in [0.15, 0.2) is 0 Å². The van der Waals surface area contributed by atoms with Gasteiger partial charge in [-0.25, -0.2) is 9.97 Å². The highest BCUT2D eigenvalue weighted by Crippen LogP contribution is 2.26. The van der Waals surface area contributed by atoms with Crippen molar-refractivity contribution in [3.05, 3.63) is 29.3 Å². The molecule has 3 aliphatic rings. The Balaban J connectivity index is 0.00000103. The quantitative estimate of drug-likeness (QED) is 0.408. The zero-order chi connectivity index (χ0) is 24.3. The largest absolute Gasteiger partial charge is 0.416 e. The topological polar surface area (TPSA) is 87.8 Å². The number of aryl methyl sites for hydroxylation is 1. The summed E-state index contributed by atoms with van der Waals surface area (Å²) in [5.74, 6) is 6.41. The Morgan fingerprint density at radius 2 is 1.79 bits per heavy atom. The van der Waals surface area contributed by atoms with E-state index in [4.69, 9.17) is 15.9 Å². The summed E-state index contributed by atoms with van der Waals surface area (Å²) in [5, 5.41) is 0. The summed E-state index contributed by atoms with van der Waals surface area (Å²) in [5.41, 5.74) is 2.31. The predicted molar refractivity (Wildman–Crippen MR) is 136 cm³/mol. The van der Waals surface area contributed by atoms with Gasteiger partial charge in [-0.3, -0.25) is 9.69 Å². The summed E-state index contributed by atoms with van der Waals surface area (Å²) in [6.07, 6.45) is 13.7. The van der Waals surface area contributed by atoms with Crippen LogP contribution in [0.4, 0.5) is 5.95 Å². The molecule has 1 aliphatic carbocycles. The van der Waals surface area contributed by atoms with Crippen molar-refractivity contribution in [2.45, 2.75) is 84.6 Å². The van der Waals surface area contributed by atoms with E-state index in [9.17, 15) is 4.79 Å². The molecule has 2 N–H and O–H groups in total. The number of carbonyl (C=O) groups is 1. The number of allylic oxidation sites excluding steroid dienone is 1. The molecule has 4 rings (SSSR count). The summed E-state index contributed by atoms with van der Waals surface area (Å²) in [6.45, 7) is 11.6. The van der Waals surface area contributed by atoms with Crippen LogP contribution in [0.15, 0.2) is 18.0 Å². The smallest absolute Gasteiger partial charge is 0.250 e. The van der Waals surface area contributed by atoms with Gasteiger partial charge in [0.2, 0.25) is 11.9 Å². The molecule has 3 heterocycles.